The van der Waals surface area contributed by atoms with Crippen LogP contribution in [0.4, 0.5) is 0 Å². The Kier molecular flexibility index (Phi) is 5.32. The quantitative estimate of drug-likeness (QED) is 0.776. The Balaban J connectivity index is 2.67. The van der Waals surface area contributed by atoms with Gasteiger partial charge in [0.2, 0.25) is 0 Å². The van der Waals surface area contributed by atoms with E-state index in [1.54, 1.807) is 11.8 Å². The summed E-state index contributed by atoms with van der Waals surface area (Å²) in [6, 6.07) is 4.37. The van der Waals surface area contributed by atoms with Crippen LogP contribution in [0.15, 0.2) is 17.0 Å². The van der Waals surface area contributed by atoms with Gasteiger partial charge in [0, 0.05) is 10.6 Å². The van der Waals surface area contributed by atoms with Crippen LogP contribution in [0.3, 0.4) is 0 Å². The second-order valence-corrected chi connectivity index (χ2v) is 5.30. The third kappa shape index (κ3) is 3.81. The van der Waals surface area contributed by atoms with Crippen LogP contribution in [0.2, 0.25) is 0 Å². The molecule has 3 heteroatoms. The lowest BCUT2D eigenvalue weighted by molar-refractivity contribution is 0.192. The summed E-state index contributed by atoms with van der Waals surface area (Å²) >= 11 is 1.72. The molecule has 1 atom stereocenters. The van der Waals surface area contributed by atoms with Gasteiger partial charge in [-0.1, -0.05) is 17.7 Å². The summed E-state index contributed by atoms with van der Waals surface area (Å²) in [7, 11) is 0. The number of aliphatic hydroxyl groups is 1. The molecule has 0 bridgehead atoms. The van der Waals surface area contributed by atoms with E-state index in [-0.39, 0.29) is 6.10 Å². The fourth-order valence-corrected chi connectivity index (χ4v) is 2.95. The zero-order chi connectivity index (χ0) is 12.1. The second kappa shape index (κ2) is 6.28. The summed E-state index contributed by atoms with van der Waals surface area (Å²) in [6.45, 7) is 6.90. The van der Waals surface area contributed by atoms with E-state index < -0.39 is 0 Å². The van der Waals surface area contributed by atoms with Crippen molar-refractivity contribution in [1.29, 1.82) is 0 Å². The van der Waals surface area contributed by atoms with Gasteiger partial charge in [0.1, 0.15) is 0 Å². The molecule has 0 fully saturated rings. The van der Waals surface area contributed by atoms with Crippen LogP contribution in [0.25, 0.3) is 0 Å². The van der Waals surface area contributed by atoms with Crippen molar-refractivity contribution in [3.05, 3.63) is 28.8 Å². The summed E-state index contributed by atoms with van der Waals surface area (Å²) in [5.41, 5.74) is 9.29. The number of rotatable bonds is 5. The lowest BCUT2D eigenvalue weighted by Crippen LogP contribution is -2.15. The zero-order valence-corrected chi connectivity index (χ0v) is 11.1. The number of hydrogen-bond acceptors (Lipinski definition) is 3. The van der Waals surface area contributed by atoms with E-state index in [2.05, 4.69) is 32.9 Å². The fraction of sp³-hybridized carbons (Fsp3) is 0.538. The Morgan fingerprint density at radius 1 is 1.25 bits per heavy atom. The van der Waals surface area contributed by atoms with Gasteiger partial charge in [0.05, 0.1) is 6.10 Å². The maximum atomic E-state index is 9.65. The molecule has 0 aromatic heterocycles. The number of aryl methyl sites for hydroxylation is 3. The first-order chi connectivity index (χ1) is 7.54. The highest BCUT2D eigenvalue weighted by Gasteiger charge is 2.08. The van der Waals surface area contributed by atoms with Gasteiger partial charge in [0.15, 0.2) is 0 Å². The maximum Gasteiger partial charge on any atom is 0.0646 e. The molecule has 1 rings (SSSR count). The van der Waals surface area contributed by atoms with Crippen molar-refractivity contribution in [2.45, 2.75) is 38.2 Å². The van der Waals surface area contributed by atoms with Crippen molar-refractivity contribution in [2.75, 3.05) is 12.3 Å². The first kappa shape index (κ1) is 13.6. The summed E-state index contributed by atoms with van der Waals surface area (Å²) in [6.07, 6.45) is 0.381. The average molecular weight is 239 g/mol. The third-order valence-electron chi connectivity index (χ3n) is 2.52. The molecule has 0 aliphatic rings. The highest BCUT2D eigenvalue weighted by molar-refractivity contribution is 7.99. The Bertz CT molecular complexity index is 329. The lowest BCUT2D eigenvalue weighted by Gasteiger charge is -2.13. The first-order valence-electron chi connectivity index (χ1n) is 5.63. The van der Waals surface area contributed by atoms with Crippen molar-refractivity contribution in [2.24, 2.45) is 5.73 Å². The molecule has 0 spiro atoms. The maximum absolute atomic E-state index is 9.65. The topological polar surface area (TPSA) is 46.2 Å². The molecule has 0 aliphatic heterocycles. The Labute approximate surface area is 102 Å². The van der Waals surface area contributed by atoms with Gasteiger partial charge in [-0.05, 0) is 44.9 Å². The van der Waals surface area contributed by atoms with Gasteiger partial charge in [-0.3, -0.25) is 0 Å². The van der Waals surface area contributed by atoms with Crippen molar-refractivity contribution in [1.82, 2.24) is 0 Å². The van der Waals surface area contributed by atoms with Crippen molar-refractivity contribution in [3.63, 3.8) is 0 Å². The van der Waals surface area contributed by atoms with Crippen molar-refractivity contribution in [3.8, 4) is 0 Å². The highest BCUT2D eigenvalue weighted by Crippen LogP contribution is 2.28. The smallest absolute Gasteiger partial charge is 0.0646 e. The molecular formula is C13H21NOS. The molecule has 1 unspecified atom stereocenters. The average Bonchev–Trinajstić information content (AvgIpc) is 2.16. The van der Waals surface area contributed by atoms with Crippen molar-refractivity contribution < 1.29 is 5.11 Å². The molecule has 1 aromatic rings. The second-order valence-electron chi connectivity index (χ2n) is 4.27. The van der Waals surface area contributed by atoms with E-state index >= 15 is 0 Å². The summed E-state index contributed by atoms with van der Waals surface area (Å²) in [4.78, 5) is 1.29. The van der Waals surface area contributed by atoms with E-state index in [0.717, 1.165) is 5.75 Å². The molecule has 0 heterocycles. The SMILES string of the molecule is Cc1cc(C)c(SCC(O)CCN)c(C)c1. The van der Waals surface area contributed by atoms with E-state index in [4.69, 9.17) is 5.73 Å². The van der Waals surface area contributed by atoms with Gasteiger partial charge in [-0.2, -0.15) is 0 Å². The molecule has 90 valence electrons. The fourth-order valence-electron chi connectivity index (χ4n) is 1.85. The van der Waals surface area contributed by atoms with E-state index in [0.29, 0.717) is 13.0 Å². The summed E-state index contributed by atoms with van der Waals surface area (Å²) in [5.74, 6) is 0.724. The molecule has 0 saturated carbocycles. The minimum atomic E-state index is -0.296. The number of aliphatic hydroxyl groups excluding tert-OH is 1. The number of benzene rings is 1. The summed E-state index contributed by atoms with van der Waals surface area (Å²) < 4.78 is 0. The molecule has 2 nitrogen and oxygen atoms in total. The number of thioether (sulfide) groups is 1. The molecule has 0 saturated heterocycles. The van der Waals surface area contributed by atoms with Crippen molar-refractivity contribution >= 4 is 11.8 Å². The zero-order valence-electron chi connectivity index (χ0n) is 10.3. The monoisotopic (exact) mass is 239 g/mol. The first-order valence-corrected chi connectivity index (χ1v) is 6.62. The Hall–Kier alpha value is -0.510. The minimum absolute atomic E-state index is 0.296. The van der Waals surface area contributed by atoms with Crippen LogP contribution in [-0.4, -0.2) is 23.5 Å². The highest BCUT2D eigenvalue weighted by atomic mass is 32.2. The van der Waals surface area contributed by atoms with E-state index in [1.807, 2.05) is 0 Å². The summed E-state index contributed by atoms with van der Waals surface area (Å²) in [5, 5.41) is 9.65. The molecule has 1 aromatic carbocycles. The van der Waals surface area contributed by atoms with Gasteiger partial charge >= 0.3 is 0 Å². The van der Waals surface area contributed by atoms with Gasteiger partial charge < -0.3 is 10.8 Å². The molecule has 0 radical (unpaired) electrons. The number of hydrogen-bond donors (Lipinski definition) is 2. The predicted octanol–water partition coefficient (Wildman–Crippen LogP) is 2.41. The Morgan fingerprint density at radius 2 is 1.81 bits per heavy atom. The molecule has 16 heavy (non-hydrogen) atoms. The predicted molar refractivity (Wildman–Crippen MR) is 71.1 cm³/mol. The van der Waals surface area contributed by atoms with Crippen LogP contribution in [0, 0.1) is 20.8 Å². The standard InChI is InChI=1S/C13H21NOS/c1-9-6-10(2)13(11(3)7-9)16-8-12(15)4-5-14/h6-7,12,15H,4-5,8,14H2,1-3H3. The number of nitrogens with two attached hydrogens (primary N) is 1. The van der Waals surface area contributed by atoms with Crippen LogP contribution in [-0.2, 0) is 0 Å². The normalized spacial score (nSPS) is 12.8. The Morgan fingerprint density at radius 3 is 2.31 bits per heavy atom. The molecular weight excluding hydrogens is 218 g/mol. The minimum Gasteiger partial charge on any atom is -0.392 e. The van der Waals surface area contributed by atoms with Crippen LogP contribution < -0.4 is 5.73 Å². The van der Waals surface area contributed by atoms with Gasteiger partial charge in [0.25, 0.3) is 0 Å². The van der Waals surface area contributed by atoms with E-state index in [1.165, 1.54) is 21.6 Å². The van der Waals surface area contributed by atoms with Crippen LogP contribution >= 0.6 is 11.8 Å². The van der Waals surface area contributed by atoms with E-state index in [9.17, 15) is 5.11 Å². The van der Waals surface area contributed by atoms with Gasteiger partial charge in [-0.15, -0.1) is 11.8 Å². The largest absolute Gasteiger partial charge is 0.392 e. The van der Waals surface area contributed by atoms with Crippen LogP contribution in [0.5, 0.6) is 0 Å². The molecule has 0 amide bonds. The van der Waals surface area contributed by atoms with Crippen LogP contribution in [0.1, 0.15) is 23.1 Å². The third-order valence-corrected chi connectivity index (χ3v) is 4.01. The lowest BCUT2D eigenvalue weighted by atomic mass is 10.1. The van der Waals surface area contributed by atoms with Gasteiger partial charge in [-0.25, -0.2) is 0 Å². The molecule has 3 N–H and O–H groups in total. The molecule has 0 aliphatic carbocycles.